The molecule has 31 heavy (non-hydrogen) atoms. The number of nitrogens with one attached hydrogen (secondary N) is 1. The van der Waals surface area contributed by atoms with Crippen molar-refractivity contribution in [2.75, 3.05) is 32.1 Å². The van der Waals surface area contributed by atoms with Crippen LogP contribution in [0.25, 0.3) is 0 Å². The van der Waals surface area contributed by atoms with Crippen LogP contribution in [0.1, 0.15) is 23.2 Å². The molecule has 1 aliphatic rings. The minimum Gasteiger partial charge on any atom is -0.419 e. The summed E-state index contributed by atoms with van der Waals surface area (Å²) in [4.78, 5) is 28.3. The van der Waals surface area contributed by atoms with E-state index in [2.05, 4.69) is 22.1 Å². The molecule has 1 aromatic heterocycles. The van der Waals surface area contributed by atoms with E-state index < -0.39 is 0 Å². The number of benzene rings is 1. The number of likely N-dealkylation sites (tertiary alicyclic amines) is 1. The van der Waals surface area contributed by atoms with E-state index in [1.807, 2.05) is 25.5 Å². The molecule has 2 heterocycles. The molecule has 0 bridgehead atoms. The first-order valence-corrected chi connectivity index (χ1v) is 9.89. The number of methoxy groups -OCH3 is 1. The number of para-hydroxylation sites is 1. The largest absolute Gasteiger partial charge is 1.00 e. The molecule has 9 heteroatoms. The van der Waals surface area contributed by atoms with Crippen LogP contribution in [0.4, 0.5) is 5.69 Å². The Balaban J connectivity index is 0.000000344. The van der Waals surface area contributed by atoms with Crippen molar-refractivity contribution in [2.24, 2.45) is 0 Å². The molecule has 0 saturated carbocycles. The molecule has 1 aliphatic heterocycles. The molecule has 1 fully saturated rings. The number of carbonyl (C=O) groups excluding carboxylic acids is 2. The first-order chi connectivity index (χ1) is 14.5. The van der Waals surface area contributed by atoms with Crippen LogP contribution in [0.2, 0.25) is 5.02 Å². The van der Waals surface area contributed by atoms with Gasteiger partial charge in [-0.1, -0.05) is 23.7 Å². The van der Waals surface area contributed by atoms with E-state index in [-0.39, 0.29) is 24.8 Å². The maximum atomic E-state index is 12.2. The van der Waals surface area contributed by atoms with Crippen LogP contribution in [-0.4, -0.2) is 59.5 Å². The number of ether oxygens (including phenoxy) is 1. The summed E-state index contributed by atoms with van der Waals surface area (Å²) in [6.45, 7) is 8.87. The Morgan fingerprint density at radius 2 is 2.16 bits per heavy atom. The SMILES string of the molecule is COC1CN(C/C=C/[C-]=O)C1.[CH2-]Cn1c(C(=O)Nc2ccccc2Cl)cnc1[CH-]C.[Li+]. The summed E-state index contributed by atoms with van der Waals surface area (Å²) in [7, 11) is 1.72. The molecule has 0 radical (unpaired) electrons. The van der Waals surface area contributed by atoms with Gasteiger partial charge in [-0.25, -0.2) is 6.08 Å². The average molecular weight is 437 g/mol. The molecule has 1 saturated heterocycles. The Bertz CT molecular complexity index is 866. The standard InChI is InChI=1S/C14H14ClN3O.C8H12NO2.Li/c1-3-13-16-9-12(18(13)4-2)14(19)17-11-8-6-5-7-10(11)15;1-11-8-6-9(7-8)4-2-3-5-10;/h3,5-9H,2,4H2,1H3,(H,17,19);2-3,8H,4,6-7H2,1H3;/q-2;-1;+1/b;3-2+;. The second kappa shape index (κ2) is 14.1. The van der Waals surface area contributed by atoms with Crippen molar-refractivity contribution in [1.29, 1.82) is 0 Å². The molecule has 3 rings (SSSR count). The van der Waals surface area contributed by atoms with Gasteiger partial charge < -0.3 is 37.7 Å². The van der Waals surface area contributed by atoms with Crippen molar-refractivity contribution >= 4 is 29.5 Å². The molecule has 1 amide bonds. The molecule has 1 N–H and O–H groups in total. The Morgan fingerprint density at radius 3 is 2.74 bits per heavy atom. The molecule has 1 aromatic carbocycles. The molecular formula is C22H26ClLiN4O3-2. The van der Waals surface area contributed by atoms with Gasteiger partial charge in [0.15, 0.2) is 0 Å². The molecule has 162 valence electrons. The van der Waals surface area contributed by atoms with Gasteiger partial charge >= 0.3 is 18.9 Å². The maximum Gasteiger partial charge on any atom is 1.00 e. The number of nitrogens with zero attached hydrogens (tertiary/aromatic N) is 3. The van der Waals surface area contributed by atoms with E-state index in [0.29, 0.717) is 29.1 Å². The third-order valence-corrected chi connectivity index (χ3v) is 4.86. The summed E-state index contributed by atoms with van der Waals surface area (Å²) >= 11 is 6.01. The van der Waals surface area contributed by atoms with Crippen LogP contribution in [0.5, 0.6) is 0 Å². The second-order valence-corrected chi connectivity index (χ2v) is 6.88. The van der Waals surface area contributed by atoms with Gasteiger partial charge in [0, 0.05) is 20.2 Å². The number of anilines is 1. The number of imidazole rings is 1. The van der Waals surface area contributed by atoms with E-state index in [1.54, 1.807) is 36.2 Å². The van der Waals surface area contributed by atoms with Crippen molar-refractivity contribution in [3.8, 4) is 0 Å². The first-order valence-electron chi connectivity index (χ1n) is 9.51. The zero-order valence-electron chi connectivity index (χ0n) is 18.2. The zero-order chi connectivity index (χ0) is 21.9. The fraction of sp³-hybridized carbons (Fsp3) is 0.318. The van der Waals surface area contributed by atoms with Crippen LogP contribution in [-0.2, 0) is 16.1 Å². The van der Waals surface area contributed by atoms with Crippen molar-refractivity contribution < 1.29 is 33.2 Å². The van der Waals surface area contributed by atoms with E-state index in [0.717, 1.165) is 25.5 Å². The maximum absolute atomic E-state index is 12.2. The van der Waals surface area contributed by atoms with Gasteiger partial charge in [0.2, 0.25) is 0 Å². The van der Waals surface area contributed by atoms with Gasteiger partial charge in [-0.05, 0) is 30.8 Å². The first kappa shape index (κ1) is 27.0. The van der Waals surface area contributed by atoms with Gasteiger partial charge in [0.05, 0.1) is 23.0 Å². The Morgan fingerprint density at radius 1 is 1.45 bits per heavy atom. The summed E-state index contributed by atoms with van der Waals surface area (Å²) in [5, 5.41) is 3.26. The summed E-state index contributed by atoms with van der Waals surface area (Å²) in [5.74, 6) is 0.469. The molecule has 0 spiro atoms. The van der Waals surface area contributed by atoms with E-state index in [9.17, 15) is 9.59 Å². The van der Waals surface area contributed by atoms with Crippen LogP contribution < -0.4 is 24.2 Å². The van der Waals surface area contributed by atoms with Crippen LogP contribution in [0.15, 0.2) is 42.6 Å². The molecular weight excluding hydrogens is 411 g/mol. The average Bonchev–Trinajstić information content (AvgIpc) is 3.15. The molecule has 2 aromatic rings. The third kappa shape index (κ3) is 7.88. The zero-order valence-corrected chi connectivity index (χ0v) is 18.9. The molecule has 0 atom stereocenters. The third-order valence-electron chi connectivity index (χ3n) is 4.53. The van der Waals surface area contributed by atoms with Crippen molar-refractivity contribution in [3.05, 3.63) is 72.5 Å². The predicted octanol–water partition coefficient (Wildman–Crippen LogP) is 0.182. The molecule has 7 nitrogen and oxygen atoms in total. The van der Waals surface area contributed by atoms with Gasteiger partial charge in [-0.3, -0.25) is 9.78 Å². The number of halogens is 1. The monoisotopic (exact) mass is 436 g/mol. The summed E-state index contributed by atoms with van der Waals surface area (Å²) in [5.41, 5.74) is 1.04. The number of hydrogen-bond donors (Lipinski definition) is 1. The fourth-order valence-corrected chi connectivity index (χ4v) is 3.04. The van der Waals surface area contributed by atoms with Gasteiger partial charge in [0.1, 0.15) is 5.69 Å². The quantitative estimate of drug-likeness (QED) is 0.363. The minimum absolute atomic E-state index is 0. The Labute approximate surface area is 201 Å². The number of carbonyl (C=O) groups is 1. The second-order valence-electron chi connectivity index (χ2n) is 6.47. The fourth-order valence-electron chi connectivity index (χ4n) is 2.86. The summed E-state index contributed by atoms with van der Waals surface area (Å²) in [6.07, 6.45) is 8.67. The number of rotatable bonds is 8. The topological polar surface area (TPSA) is 76.5 Å². The summed E-state index contributed by atoms with van der Waals surface area (Å²) < 4.78 is 6.82. The smallest absolute Gasteiger partial charge is 0.419 e. The number of aromatic nitrogens is 2. The van der Waals surface area contributed by atoms with E-state index in [4.69, 9.17) is 16.3 Å². The molecule has 0 aliphatic carbocycles. The number of allylic oxidation sites excluding steroid dienone is 1. The molecule has 0 unspecified atom stereocenters. The van der Waals surface area contributed by atoms with Crippen molar-refractivity contribution in [1.82, 2.24) is 14.5 Å². The Hall–Kier alpha value is -2.01. The normalized spacial score (nSPS) is 13.5. The van der Waals surface area contributed by atoms with Crippen molar-refractivity contribution in [3.63, 3.8) is 0 Å². The van der Waals surface area contributed by atoms with Gasteiger partial charge in [-0.2, -0.15) is 13.0 Å². The predicted molar refractivity (Wildman–Crippen MR) is 118 cm³/mol. The van der Waals surface area contributed by atoms with E-state index in [1.165, 1.54) is 12.3 Å². The Kier molecular flexibility index (Phi) is 12.3. The van der Waals surface area contributed by atoms with Gasteiger partial charge in [-0.15, -0.1) is 6.54 Å². The number of amides is 1. The van der Waals surface area contributed by atoms with Crippen LogP contribution in [0.3, 0.4) is 0 Å². The van der Waals surface area contributed by atoms with Gasteiger partial charge in [0.25, 0.3) is 5.91 Å². The number of hydrogen-bond acceptors (Lipinski definition) is 5. The summed E-state index contributed by atoms with van der Waals surface area (Å²) in [6, 6.07) is 7.09. The van der Waals surface area contributed by atoms with Crippen LogP contribution in [0, 0.1) is 13.3 Å². The van der Waals surface area contributed by atoms with Crippen LogP contribution >= 0.6 is 11.6 Å². The minimum atomic E-state index is -0.252. The van der Waals surface area contributed by atoms with E-state index >= 15 is 0 Å². The van der Waals surface area contributed by atoms with Crippen molar-refractivity contribution in [2.45, 2.75) is 19.6 Å².